The predicted octanol–water partition coefficient (Wildman–Crippen LogP) is 4.64. The number of hydrogen-bond donors (Lipinski definition) is 3. The van der Waals surface area contributed by atoms with Gasteiger partial charge in [-0.3, -0.25) is 14.7 Å². The van der Waals surface area contributed by atoms with Crippen LogP contribution in [0.3, 0.4) is 0 Å². The second kappa shape index (κ2) is 12.1. The number of anilines is 2. The van der Waals surface area contributed by atoms with Crippen LogP contribution in [0, 0.1) is 0 Å². The van der Waals surface area contributed by atoms with E-state index in [1.54, 1.807) is 30.3 Å². The highest BCUT2D eigenvalue weighted by Crippen LogP contribution is 2.34. The molecule has 3 N–H and O–H groups in total. The summed E-state index contributed by atoms with van der Waals surface area (Å²) in [7, 11) is 3.49. The molecule has 1 aliphatic heterocycles. The Morgan fingerprint density at radius 3 is 2.26 bits per heavy atom. The van der Waals surface area contributed by atoms with Crippen molar-refractivity contribution in [2.45, 2.75) is 12.7 Å². The number of amides is 3. The fourth-order valence-electron chi connectivity index (χ4n) is 4.07. The van der Waals surface area contributed by atoms with Gasteiger partial charge in [0.25, 0.3) is 5.91 Å². The zero-order chi connectivity index (χ0) is 28.0. The van der Waals surface area contributed by atoms with Crippen LogP contribution in [0.25, 0.3) is 0 Å². The summed E-state index contributed by atoms with van der Waals surface area (Å²) in [6.45, 7) is 3.18. The molecule has 1 fully saturated rings. The molecule has 3 aromatic rings. The van der Waals surface area contributed by atoms with Crippen LogP contribution in [0.2, 0.25) is 0 Å². The van der Waals surface area contributed by atoms with Crippen molar-refractivity contribution in [3.8, 4) is 11.5 Å². The van der Waals surface area contributed by atoms with Crippen molar-refractivity contribution in [2.24, 2.45) is 0 Å². The number of hydrogen-bond acceptors (Lipinski definition) is 6. The van der Waals surface area contributed by atoms with Crippen molar-refractivity contribution in [1.82, 2.24) is 20.1 Å². The lowest BCUT2D eigenvalue weighted by atomic mass is 10.0. The number of likely N-dealkylation sites (N-methyl/N-ethyl adjacent to an activating group) is 1. The lowest BCUT2D eigenvalue weighted by Gasteiger charge is -2.33. The van der Waals surface area contributed by atoms with Gasteiger partial charge in [-0.1, -0.05) is 6.07 Å². The first-order valence-corrected chi connectivity index (χ1v) is 12.3. The molecule has 1 saturated heterocycles. The van der Waals surface area contributed by atoms with Crippen LogP contribution in [0.4, 0.5) is 29.3 Å². The maximum atomic E-state index is 13.8. The Hall–Kier alpha value is -4.16. The monoisotopic (exact) mass is 542 g/mol. The van der Waals surface area contributed by atoms with E-state index in [4.69, 9.17) is 4.74 Å². The lowest BCUT2D eigenvalue weighted by molar-refractivity contribution is -0.138. The average Bonchev–Trinajstić information content (AvgIpc) is 2.91. The standard InChI is InChI=1S/C27H29F3N6O3/c1-31-25(37)24-16-22(9-10-32-24)39-21-7-5-19(6-8-21)33-26(38)34-20-4-3-18(23(15-20)27(28,29)30)17-36-13-11-35(2)12-14-36/h3-10,15-16H,11-14,17H2,1-2H3,(H,31,37)(H2,33,34,38). The van der Waals surface area contributed by atoms with E-state index in [0.717, 1.165) is 19.2 Å². The highest BCUT2D eigenvalue weighted by atomic mass is 19.4. The number of carbonyl (C=O) groups is 2. The third-order valence-electron chi connectivity index (χ3n) is 6.20. The van der Waals surface area contributed by atoms with Gasteiger partial charge >= 0.3 is 12.2 Å². The number of halogens is 3. The fraction of sp³-hybridized carbons (Fsp3) is 0.296. The summed E-state index contributed by atoms with van der Waals surface area (Å²) in [4.78, 5) is 32.3. The molecule has 0 unspecified atom stereocenters. The quantitative estimate of drug-likeness (QED) is 0.402. The molecule has 206 valence electrons. The van der Waals surface area contributed by atoms with E-state index in [0.29, 0.717) is 30.3 Å². The topological polar surface area (TPSA) is 98.8 Å². The highest BCUT2D eigenvalue weighted by molar-refractivity contribution is 5.99. The summed E-state index contributed by atoms with van der Waals surface area (Å²) in [5, 5.41) is 7.55. The molecule has 0 aliphatic carbocycles. The maximum absolute atomic E-state index is 13.8. The summed E-state index contributed by atoms with van der Waals surface area (Å²) in [6.07, 6.45) is -3.11. The Morgan fingerprint density at radius 1 is 0.923 bits per heavy atom. The summed E-state index contributed by atoms with van der Waals surface area (Å²) < 4.78 is 47.2. The second-order valence-corrected chi connectivity index (χ2v) is 9.11. The summed E-state index contributed by atoms with van der Waals surface area (Å²) in [6, 6.07) is 12.6. The summed E-state index contributed by atoms with van der Waals surface area (Å²) >= 11 is 0. The number of aromatic nitrogens is 1. The van der Waals surface area contributed by atoms with Crippen molar-refractivity contribution in [3.63, 3.8) is 0 Å². The zero-order valence-electron chi connectivity index (χ0n) is 21.5. The predicted molar refractivity (Wildman–Crippen MR) is 141 cm³/mol. The summed E-state index contributed by atoms with van der Waals surface area (Å²) in [5.74, 6) is 0.498. The van der Waals surface area contributed by atoms with Crippen molar-refractivity contribution < 1.29 is 27.5 Å². The van der Waals surface area contributed by atoms with E-state index in [2.05, 4.69) is 25.8 Å². The first-order valence-electron chi connectivity index (χ1n) is 12.3. The SMILES string of the molecule is CNC(=O)c1cc(Oc2ccc(NC(=O)Nc3ccc(CN4CCN(C)CC4)c(C(F)(F)F)c3)cc2)ccn1. The molecule has 3 amide bonds. The molecule has 0 atom stereocenters. The molecule has 0 saturated carbocycles. The minimum atomic E-state index is -4.55. The molecular formula is C27H29F3N6O3. The van der Waals surface area contributed by atoms with Crippen molar-refractivity contribution in [3.05, 3.63) is 77.6 Å². The Balaban J connectivity index is 1.37. The number of nitrogens with one attached hydrogen (secondary N) is 3. The molecule has 2 aromatic carbocycles. The van der Waals surface area contributed by atoms with Gasteiger partial charge in [0.1, 0.15) is 17.2 Å². The van der Waals surface area contributed by atoms with Gasteiger partial charge in [0.05, 0.1) is 5.56 Å². The number of carbonyl (C=O) groups excluding carboxylic acids is 2. The van der Waals surface area contributed by atoms with Crippen molar-refractivity contribution >= 4 is 23.3 Å². The third kappa shape index (κ3) is 7.68. The Morgan fingerprint density at radius 2 is 1.59 bits per heavy atom. The molecule has 39 heavy (non-hydrogen) atoms. The Bertz CT molecular complexity index is 1310. The molecule has 1 aliphatic rings. The molecule has 1 aromatic heterocycles. The first-order chi connectivity index (χ1) is 18.6. The maximum Gasteiger partial charge on any atom is 0.416 e. The number of ether oxygens (including phenoxy) is 1. The van der Waals surface area contributed by atoms with Gasteiger partial charge in [0.2, 0.25) is 0 Å². The molecule has 0 radical (unpaired) electrons. The molecule has 9 nitrogen and oxygen atoms in total. The zero-order valence-corrected chi connectivity index (χ0v) is 21.5. The average molecular weight is 543 g/mol. The first kappa shape index (κ1) is 27.9. The van der Waals surface area contributed by atoms with Crippen LogP contribution in [-0.4, -0.2) is 67.0 Å². The molecule has 2 heterocycles. The number of alkyl halides is 3. The van der Waals surface area contributed by atoms with Crippen molar-refractivity contribution in [1.29, 1.82) is 0 Å². The van der Waals surface area contributed by atoms with Gasteiger partial charge in [0, 0.05) is 63.4 Å². The van der Waals surface area contributed by atoms with Gasteiger partial charge in [0.15, 0.2) is 0 Å². The van der Waals surface area contributed by atoms with Crippen LogP contribution in [0.15, 0.2) is 60.8 Å². The number of rotatable bonds is 7. The van der Waals surface area contributed by atoms with Crippen LogP contribution >= 0.6 is 0 Å². The van der Waals surface area contributed by atoms with Crippen molar-refractivity contribution in [2.75, 3.05) is 50.9 Å². The molecule has 12 heteroatoms. The summed E-state index contributed by atoms with van der Waals surface area (Å²) in [5.41, 5.74) is 0.0440. The van der Waals surface area contributed by atoms with Gasteiger partial charge in [-0.2, -0.15) is 13.2 Å². The highest BCUT2D eigenvalue weighted by Gasteiger charge is 2.34. The van der Waals surface area contributed by atoms with E-state index in [1.807, 2.05) is 11.9 Å². The third-order valence-corrected chi connectivity index (χ3v) is 6.20. The number of benzene rings is 2. The molecular weight excluding hydrogens is 513 g/mol. The van der Waals surface area contributed by atoms with Gasteiger partial charge in [-0.25, -0.2) is 4.79 Å². The van der Waals surface area contributed by atoms with E-state index >= 15 is 0 Å². The molecule has 0 spiro atoms. The van der Waals surface area contributed by atoms with Crippen LogP contribution in [0.1, 0.15) is 21.6 Å². The molecule has 0 bridgehead atoms. The van der Waals surface area contributed by atoms with Crippen LogP contribution in [-0.2, 0) is 12.7 Å². The normalized spacial score (nSPS) is 14.5. The Labute approximate surface area is 224 Å². The van der Waals surface area contributed by atoms with Crippen LogP contribution in [0.5, 0.6) is 11.5 Å². The Kier molecular flexibility index (Phi) is 8.67. The van der Waals surface area contributed by atoms with Crippen LogP contribution < -0.4 is 20.7 Å². The molecule has 4 rings (SSSR count). The van der Waals surface area contributed by atoms with E-state index in [1.165, 1.54) is 31.4 Å². The van der Waals surface area contributed by atoms with E-state index in [-0.39, 0.29) is 29.4 Å². The number of piperazine rings is 1. The number of urea groups is 1. The lowest BCUT2D eigenvalue weighted by Crippen LogP contribution is -2.44. The van der Waals surface area contributed by atoms with E-state index in [9.17, 15) is 22.8 Å². The second-order valence-electron chi connectivity index (χ2n) is 9.11. The minimum absolute atomic E-state index is 0.0338. The number of pyridine rings is 1. The van der Waals surface area contributed by atoms with Gasteiger partial charge < -0.3 is 25.6 Å². The van der Waals surface area contributed by atoms with E-state index < -0.39 is 17.8 Å². The van der Waals surface area contributed by atoms with Gasteiger partial charge in [-0.15, -0.1) is 0 Å². The minimum Gasteiger partial charge on any atom is -0.457 e. The fourth-order valence-corrected chi connectivity index (χ4v) is 4.07. The number of nitrogens with zero attached hydrogens (tertiary/aromatic N) is 3. The largest absolute Gasteiger partial charge is 0.457 e. The smallest absolute Gasteiger partial charge is 0.416 e. The van der Waals surface area contributed by atoms with Gasteiger partial charge in [-0.05, 0) is 55.1 Å².